The lowest BCUT2D eigenvalue weighted by Gasteiger charge is -2.26. The van der Waals surface area contributed by atoms with Gasteiger partial charge in [-0.15, -0.1) is 0 Å². The molecule has 6 heteroatoms. The average Bonchev–Trinajstić information content (AvgIpc) is 3.16. The van der Waals surface area contributed by atoms with Gasteiger partial charge in [0.05, 0.1) is 13.2 Å². The van der Waals surface area contributed by atoms with Crippen LogP contribution in [0.4, 0.5) is 10.1 Å². The maximum absolute atomic E-state index is 13.8. The second kappa shape index (κ2) is 8.73. The highest BCUT2D eigenvalue weighted by Gasteiger charge is 2.26. The molecular weight excluding hydrogens is 407 g/mol. The molecular formula is C26H25FN2O3. The van der Waals surface area contributed by atoms with Gasteiger partial charge < -0.3 is 14.8 Å². The van der Waals surface area contributed by atoms with Crippen LogP contribution in [0, 0.1) is 12.7 Å². The normalized spacial score (nSPS) is 17.6. The zero-order valence-electron chi connectivity index (χ0n) is 18.0. The Kier molecular flexibility index (Phi) is 5.64. The molecule has 2 heterocycles. The van der Waals surface area contributed by atoms with E-state index < -0.39 is 0 Å². The number of hydrogen-bond acceptors (Lipinski definition) is 4. The Morgan fingerprint density at radius 1 is 1.12 bits per heavy atom. The minimum Gasteiger partial charge on any atom is -0.492 e. The number of carbonyl (C=O) groups is 1. The van der Waals surface area contributed by atoms with E-state index in [4.69, 9.17) is 9.47 Å². The molecule has 0 atom stereocenters. The van der Waals surface area contributed by atoms with Gasteiger partial charge in [-0.05, 0) is 54.0 Å². The molecule has 1 fully saturated rings. The molecule has 0 aromatic heterocycles. The molecule has 4 aliphatic rings. The van der Waals surface area contributed by atoms with E-state index in [1.807, 2.05) is 37.3 Å². The molecule has 164 valence electrons. The predicted molar refractivity (Wildman–Crippen MR) is 123 cm³/mol. The maximum atomic E-state index is 13.8. The van der Waals surface area contributed by atoms with Crippen molar-refractivity contribution in [1.82, 2.24) is 4.90 Å². The summed E-state index contributed by atoms with van der Waals surface area (Å²) < 4.78 is 25.4. The molecule has 0 saturated carbocycles. The van der Waals surface area contributed by atoms with E-state index in [0.717, 1.165) is 60.9 Å². The van der Waals surface area contributed by atoms with Crippen LogP contribution in [-0.2, 0) is 9.53 Å². The van der Waals surface area contributed by atoms with Gasteiger partial charge in [0.1, 0.15) is 18.2 Å². The molecule has 1 amide bonds. The number of anilines is 1. The van der Waals surface area contributed by atoms with E-state index in [1.165, 1.54) is 12.1 Å². The highest BCUT2D eigenvalue weighted by Crippen LogP contribution is 2.41. The van der Waals surface area contributed by atoms with Crippen molar-refractivity contribution in [3.63, 3.8) is 0 Å². The Bertz CT molecular complexity index is 1170. The maximum Gasteiger partial charge on any atom is 0.256 e. The summed E-state index contributed by atoms with van der Waals surface area (Å²) in [7, 11) is 0. The van der Waals surface area contributed by atoms with Crippen LogP contribution in [0.2, 0.25) is 0 Å². The number of carbonyl (C=O) groups excluding carboxylic acids is 1. The molecule has 0 radical (unpaired) electrons. The number of rotatable bonds is 5. The molecule has 2 aliphatic carbocycles. The van der Waals surface area contributed by atoms with Gasteiger partial charge in [0, 0.05) is 42.0 Å². The van der Waals surface area contributed by atoms with Crippen LogP contribution >= 0.6 is 0 Å². The molecule has 0 bridgehead atoms. The van der Waals surface area contributed by atoms with Crippen LogP contribution in [0.5, 0.6) is 5.75 Å². The Morgan fingerprint density at radius 2 is 1.94 bits per heavy atom. The van der Waals surface area contributed by atoms with Crippen molar-refractivity contribution in [2.24, 2.45) is 0 Å². The number of morpholine rings is 1. The largest absolute Gasteiger partial charge is 0.492 e. The number of halogens is 1. The number of amides is 1. The highest BCUT2D eigenvalue weighted by atomic mass is 19.1. The van der Waals surface area contributed by atoms with E-state index in [2.05, 4.69) is 16.3 Å². The quantitative estimate of drug-likeness (QED) is 0.606. The van der Waals surface area contributed by atoms with Crippen molar-refractivity contribution >= 4 is 23.2 Å². The second-order valence-corrected chi connectivity index (χ2v) is 8.16. The zero-order chi connectivity index (χ0) is 22.1. The first kappa shape index (κ1) is 20.7. The van der Waals surface area contributed by atoms with Crippen molar-refractivity contribution in [3.8, 4) is 16.9 Å². The van der Waals surface area contributed by atoms with Gasteiger partial charge in [0.15, 0.2) is 0 Å². The van der Waals surface area contributed by atoms with Gasteiger partial charge in [0.2, 0.25) is 0 Å². The summed E-state index contributed by atoms with van der Waals surface area (Å²) in [6, 6.07) is 14.4. The average molecular weight is 432 g/mol. The lowest BCUT2D eigenvalue weighted by atomic mass is 10.0. The standard InChI is InChI=1S/C26H25FN2O3/c1-17-14-18(15-22-21-16-19(27)6-7-23(21)28-26(22)30)20-4-2-3-5-24(25(17)20)32-13-10-29-8-11-31-12-9-29/h2-7,14-16H,8-13H2,1H3,(H,28,30)/b22-15-. The summed E-state index contributed by atoms with van der Waals surface area (Å²) >= 11 is 0. The molecule has 0 spiro atoms. The second-order valence-electron chi connectivity index (χ2n) is 8.16. The molecule has 5 rings (SSSR count). The number of hydrogen-bond donors (Lipinski definition) is 1. The highest BCUT2D eigenvalue weighted by molar-refractivity contribution is 6.35. The molecule has 5 nitrogen and oxygen atoms in total. The van der Waals surface area contributed by atoms with Crippen LogP contribution in [0.25, 0.3) is 22.8 Å². The van der Waals surface area contributed by atoms with Crippen molar-refractivity contribution in [3.05, 3.63) is 71.0 Å². The van der Waals surface area contributed by atoms with Gasteiger partial charge in [0.25, 0.3) is 5.91 Å². The van der Waals surface area contributed by atoms with Crippen molar-refractivity contribution in [1.29, 1.82) is 0 Å². The minimum atomic E-state index is -0.364. The topological polar surface area (TPSA) is 50.8 Å². The number of ether oxygens (including phenoxy) is 2. The summed E-state index contributed by atoms with van der Waals surface area (Å²) in [5, 5.41) is 2.81. The van der Waals surface area contributed by atoms with Crippen LogP contribution in [0.3, 0.4) is 0 Å². The molecule has 0 unspecified atom stereocenters. The number of fused-ring (bicyclic) bond motifs is 2. The lowest BCUT2D eigenvalue weighted by Crippen LogP contribution is -2.38. The summed E-state index contributed by atoms with van der Waals surface area (Å²) in [6.45, 7) is 6.88. The first-order chi connectivity index (χ1) is 15.6. The van der Waals surface area contributed by atoms with Crippen LogP contribution in [0.15, 0.2) is 48.5 Å². The summed E-state index contributed by atoms with van der Waals surface area (Å²) in [4.78, 5) is 14.9. The smallest absolute Gasteiger partial charge is 0.256 e. The Hall–Kier alpha value is -3.22. The molecule has 1 saturated heterocycles. The van der Waals surface area contributed by atoms with Crippen LogP contribution in [-0.4, -0.2) is 50.3 Å². The SMILES string of the molecule is Cc1cc(/C=C2\C(=O)Nc3ccc(F)cc32)c2ccccc(OCCN3CCOCC3)c1-2. The van der Waals surface area contributed by atoms with E-state index in [0.29, 0.717) is 23.4 Å². The van der Waals surface area contributed by atoms with Gasteiger partial charge in [-0.3, -0.25) is 9.69 Å². The number of benzene rings is 1. The summed E-state index contributed by atoms with van der Waals surface area (Å²) in [5.74, 6) is 0.236. The number of nitrogens with zero attached hydrogens (tertiary/aromatic N) is 1. The van der Waals surface area contributed by atoms with E-state index in [9.17, 15) is 9.18 Å². The summed E-state index contributed by atoms with van der Waals surface area (Å²) in [5.41, 5.74) is 5.70. The molecule has 1 aromatic rings. The fraction of sp³-hybridized carbons (Fsp3) is 0.269. The van der Waals surface area contributed by atoms with Gasteiger partial charge in [-0.1, -0.05) is 24.3 Å². The molecule has 2 aliphatic heterocycles. The third-order valence-electron chi connectivity index (χ3n) is 6.05. The fourth-order valence-corrected chi connectivity index (χ4v) is 4.43. The lowest BCUT2D eigenvalue weighted by molar-refractivity contribution is -0.110. The third-order valence-corrected chi connectivity index (χ3v) is 6.05. The molecule has 1 N–H and O–H groups in total. The van der Waals surface area contributed by atoms with Gasteiger partial charge in [-0.25, -0.2) is 4.39 Å². The first-order valence-corrected chi connectivity index (χ1v) is 10.9. The number of nitrogens with one attached hydrogen (secondary N) is 1. The first-order valence-electron chi connectivity index (χ1n) is 10.9. The van der Waals surface area contributed by atoms with Gasteiger partial charge >= 0.3 is 0 Å². The zero-order valence-corrected chi connectivity index (χ0v) is 18.0. The van der Waals surface area contributed by atoms with E-state index in [-0.39, 0.29) is 11.7 Å². The predicted octanol–water partition coefficient (Wildman–Crippen LogP) is 4.44. The third kappa shape index (κ3) is 3.99. The van der Waals surface area contributed by atoms with Gasteiger partial charge in [-0.2, -0.15) is 0 Å². The molecule has 1 aromatic carbocycles. The molecule has 32 heavy (non-hydrogen) atoms. The van der Waals surface area contributed by atoms with Crippen molar-refractivity contribution in [2.75, 3.05) is 44.8 Å². The number of aryl methyl sites for hydroxylation is 1. The monoisotopic (exact) mass is 432 g/mol. The Balaban J connectivity index is 1.44. The Morgan fingerprint density at radius 3 is 2.78 bits per heavy atom. The Labute approximate surface area is 186 Å². The van der Waals surface area contributed by atoms with E-state index in [1.54, 1.807) is 6.07 Å². The van der Waals surface area contributed by atoms with Crippen LogP contribution in [0.1, 0.15) is 16.7 Å². The van der Waals surface area contributed by atoms with E-state index >= 15 is 0 Å². The minimum absolute atomic E-state index is 0.222. The summed E-state index contributed by atoms with van der Waals surface area (Å²) in [6.07, 6.45) is 1.84. The van der Waals surface area contributed by atoms with Crippen molar-refractivity contribution < 1.29 is 18.7 Å². The van der Waals surface area contributed by atoms with Crippen LogP contribution < -0.4 is 10.1 Å². The fourth-order valence-electron chi connectivity index (χ4n) is 4.43. The van der Waals surface area contributed by atoms with Crippen molar-refractivity contribution in [2.45, 2.75) is 6.92 Å².